The number of furan rings is 1. The van der Waals surface area contributed by atoms with E-state index in [9.17, 15) is 13.2 Å². The molecule has 0 saturated heterocycles. The van der Waals surface area contributed by atoms with E-state index in [-0.39, 0.29) is 23.0 Å². The standard InChI is InChI=1S/C20H21N3O4S/c1-23(2)18-9-8-15(12-21-18)13-22-20(24)19-16(10-11-27-19)14-28(25,26)17-6-4-3-5-7-17/h3-12H,13-14H2,1-2H3,(H,22,24). The average Bonchev–Trinajstić information content (AvgIpc) is 3.14. The molecule has 3 rings (SSSR count). The lowest BCUT2D eigenvalue weighted by atomic mass is 10.2. The van der Waals surface area contributed by atoms with Crippen molar-refractivity contribution in [2.24, 2.45) is 0 Å². The average molecular weight is 399 g/mol. The van der Waals surface area contributed by atoms with Gasteiger partial charge < -0.3 is 14.6 Å². The molecule has 0 aliphatic carbocycles. The molecule has 7 nitrogen and oxygen atoms in total. The molecule has 1 N–H and O–H groups in total. The molecule has 8 heteroatoms. The van der Waals surface area contributed by atoms with Crippen molar-refractivity contribution in [3.63, 3.8) is 0 Å². The van der Waals surface area contributed by atoms with Crippen molar-refractivity contribution in [2.75, 3.05) is 19.0 Å². The number of benzene rings is 1. The third kappa shape index (κ3) is 4.58. The Labute approximate surface area is 163 Å². The Morgan fingerprint density at radius 2 is 1.86 bits per heavy atom. The maximum absolute atomic E-state index is 12.6. The van der Waals surface area contributed by atoms with E-state index >= 15 is 0 Å². The van der Waals surface area contributed by atoms with Crippen molar-refractivity contribution in [1.29, 1.82) is 0 Å². The molecular weight excluding hydrogens is 378 g/mol. The number of pyridine rings is 1. The van der Waals surface area contributed by atoms with Crippen LogP contribution >= 0.6 is 0 Å². The predicted molar refractivity (Wildman–Crippen MR) is 106 cm³/mol. The first-order valence-electron chi connectivity index (χ1n) is 8.61. The molecule has 2 heterocycles. The number of aromatic nitrogens is 1. The summed E-state index contributed by atoms with van der Waals surface area (Å²) in [7, 11) is 0.215. The van der Waals surface area contributed by atoms with Gasteiger partial charge in [-0.25, -0.2) is 13.4 Å². The second-order valence-electron chi connectivity index (χ2n) is 6.45. The molecule has 2 aromatic heterocycles. The zero-order chi connectivity index (χ0) is 20.1. The highest BCUT2D eigenvalue weighted by Crippen LogP contribution is 2.20. The van der Waals surface area contributed by atoms with E-state index in [1.54, 1.807) is 24.4 Å². The molecule has 3 aromatic rings. The molecule has 0 spiro atoms. The lowest BCUT2D eigenvalue weighted by Gasteiger charge is -2.11. The third-order valence-electron chi connectivity index (χ3n) is 4.12. The van der Waals surface area contributed by atoms with Gasteiger partial charge in [0.15, 0.2) is 15.6 Å². The first-order chi connectivity index (χ1) is 13.4. The van der Waals surface area contributed by atoms with Crippen LogP contribution < -0.4 is 10.2 Å². The molecule has 28 heavy (non-hydrogen) atoms. The fourth-order valence-electron chi connectivity index (χ4n) is 2.61. The van der Waals surface area contributed by atoms with E-state index in [2.05, 4.69) is 10.3 Å². The van der Waals surface area contributed by atoms with Crippen LogP contribution in [0.4, 0.5) is 5.82 Å². The summed E-state index contributed by atoms with van der Waals surface area (Å²) in [6.07, 6.45) is 3.00. The molecule has 146 valence electrons. The molecule has 0 bridgehead atoms. The number of anilines is 1. The van der Waals surface area contributed by atoms with Crippen molar-refractivity contribution in [3.05, 3.63) is 77.9 Å². The van der Waals surface area contributed by atoms with Crippen LogP contribution in [0, 0.1) is 0 Å². The zero-order valence-electron chi connectivity index (χ0n) is 15.6. The number of carbonyl (C=O) groups excluding carboxylic acids is 1. The molecule has 1 aromatic carbocycles. The number of carbonyl (C=O) groups is 1. The van der Waals surface area contributed by atoms with Crippen LogP contribution in [0.2, 0.25) is 0 Å². The van der Waals surface area contributed by atoms with E-state index < -0.39 is 15.7 Å². The molecular formula is C20H21N3O4S. The number of amides is 1. The van der Waals surface area contributed by atoms with Gasteiger partial charge in [-0.2, -0.15) is 0 Å². The van der Waals surface area contributed by atoms with Crippen LogP contribution in [0.25, 0.3) is 0 Å². The van der Waals surface area contributed by atoms with Crippen LogP contribution in [0.15, 0.2) is 70.3 Å². The molecule has 0 atom stereocenters. The quantitative estimate of drug-likeness (QED) is 0.657. The molecule has 0 aliphatic rings. The first-order valence-corrected chi connectivity index (χ1v) is 10.3. The summed E-state index contributed by atoms with van der Waals surface area (Å²) in [5.74, 6) is 0.0295. The fourth-order valence-corrected chi connectivity index (χ4v) is 3.99. The van der Waals surface area contributed by atoms with Crippen molar-refractivity contribution < 1.29 is 17.6 Å². The summed E-state index contributed by atoms with van der Waals surface area (Å²) in [6, 6.07) is 13.3. The maximum Gasteiger partial charge on any atom is 0.287 e. The van der Waals surface area contributed by atoms with Crippen LogP contribution in [-0.2, 0) is 22.1 Å². The van der Waals surface area contributed by atoms with Gasteiger partial charge in [0.05, 0.1) is 16.9 Å². The second-order valence-corrected chi connectivity index (χ2v) is 8.44. The van der Waals surface area contributed by atoms with Gasteiger partial charge in [-0.1, -0.05) is 24.3 Å². The maximum atomic E-state index is 12.6. The Balaban J connectivity index is 1.68. The van der Waals surface area contributed by atoms with Crippen molar-refractivity contribution in [1.82, 2.24) is 10.3 Å². The van der Waals surface area contributed by atoms with E-state index in [1.165, 1.54) is 24.5 Å². The minimum atomic E-state index is -3.57. The van der Waals surface area contributed by atoms with Crippen LogP contribution in [0.3, 0.4) is 0 Å². The highest BCUT2D eigenvalue weighted by atomic mass is 32.2. The normalized spacial score (nSPS) is 11.2. The Kier molecular flexibility index (Phi) is 5.79. The van der Waals surface area contributed by atoms with Crippen molar-refractivity contribution >= 4 is 21.6 Å². The topological polar surface area (TPSA) is 92.5 Å². The fraction of sp³-hybridized carbons (Fsp3) is 0.200. The number of nitrogens with zero attached hydrogens (tertiary/aromatic N) is 2. The van der Waals surface area contributed by atoms with Crippen LogP contribution in [-0.4, -0.2) is 33.4 Å². The molecule has 0 fully saturated rings. The van der Waals surface area contributed by atoms with E-state index in [4.69, 9.17) is 4.42 Å². The number of hydrogen-bond donors (Lipinski definition) is 1. The number of rotatable bonds is 7. The summed E-state index contributed by atoms with van der Waals surface area (Å²) in [4.78, 5) is 18.8. The van der Waals surface area contributed by atoms with Gasteiger partial charge in [0.1, 0.15) is 5.82 Å². The second kappa shape index (κ2) is 8.26. The molecule has 0 radical (unpaired) electrons. The van der Waals surface area contributed by atoms with Crippen LogP contribution in [0.5, 0.6) is 0 Å². The number of nitrogens with one attached hydrogen (secondary N) is 1. The molecule has 0 aliphatic heterocycles. The van der Waals surface area contributed by atoms with E-state index in [1.807, 2.05) is 31.1 Å². The van der Waals surface area contributed by atoms with Gasteiger partial charge in [0, 0.05) is 32.4 Å². The highest BCUT2D eigenvalue weighted by molar-refractivity contribution is 7.90. The van der Waals surface area contributed by atoms with E-state index in [0.29, 0.717) is 5.56 Å². The van der Waals surface area contributed by atoms with Crippen molar-refractivity contribution in [2.45, 2.75) is 17.2 Å². The van der Waals surface area contributed by atoms with Gasteiger partial charge in [0.25, 0.3) is 5.91 Å². The minimum Gasteiger partial charge on any atom is -0.459 e. The van der Waals surface area contributed by atoms with Crippen molar-refractivity contribution in [3.8, 4) is 0 Å². The summed E-state index contributed by atoms with van der Waals surface area (Å²) < 4.78 is 30.4. The monoisotopic (exact) mass is 399 g/mol. The summed E-state index contributed by atoms with van der Waals surface area (Å²) in [6.45, 7) is 0.255. The zero-order valence-corrected chi connectivity index (χ0v) is 16.4. The van der Waals surface area contributed by atoms with Gasteiger partial charge in [0.2, 0.25) is 0 Å². The Morgan fingerprint density at radius 1 is 1.11 bits per heavy atom. The Hall–Kier alpha value is -3.13. The summed E-state index contributed by atoms with van der Waals surface area (Å²) >= 11 is 0. The largest absolute Gasteiger partial charge is 0.459 e. The Bertz CT molecular complexity index is 1040. The van der Waals surface area contributed by atoms with Gasteiger partial charge in [-0.05, 0) is 29.8 Å². The summed E-state index contributed by atoms with van der Waals surface area (Å²) in [5, 5.41) is 2.73. The lowest BCUT2D eigenvalue weighted by molar-refractivity contribution is 0.0922. The molecule has 1 amide bonds. The SMILES string of the molecule is CN(C)c1ccc(CNC(=O)c2occc2CS(=O)(=O)c2ccccc2)cn1. The summed E-state index contributed by atoms with van der Waals surface area (Å²) in [5.41, 5.74) is 1.14. The lowest BCUT2D eigenvalue weighted by Crippen LogP contribution is -2.24. The third-order valence-corrected chi connectivity index (χ3v) is 5.80. The number of hydrogen-bond acceptors (Lipinski definition) is 6. The smallest absolute Gasteiger partial charge is 0.287 e. The first kappa shape index (κ1) is 19.6. The highest BCUT2D eigenvalue weighted by Gasteiger charge is 2.22. The molecule has 0 saturated carbocycles. The number of sulfone groups is 1. The predicted octanol–water partition coefficient (Wildman–Crippen LogP) is 2.64. The Morgan fingerprint density at radius 3 is 2.50 bits per heavy atom. The van der Waals surface area contributed by atoms with E-state index in [0.717, 1.165) is 11.4 Å². The molecule has 0 unspecified atom stereocenters. The van der Waals surface area contributed by atoms with Gasteiger partial charge in [-0.15, -0.1) is 0 Å². The minimum absolute atomic E-state index is 0.00243. The van der Waals surface area contributed by atoms with Crippen LogP contribution in [0.1, 0.15) is 21.7 Å². The van der Waals surface area contributed by atoms with Gasteiger partial charge >= 0.3 is 0 Å². The van der Waals surface area contributed by atoms with Gasteiger partial charge in [-0.3, -0.25) is 4.79 Å².